The van der Waals surface area contributed by atoms with Gasteiger partial charge in [-0.2, -0.15) is 5.26 Å². The second-order valence-corrected chi connectivity index (χ2v) is 4.49. The predicted molar refractivity (Wildman–Crippen MR) is 56.7 cm³/mol. The highest BCUT2D eigenvalue weighted by Crippen LogP contribution is 2.49. The van der Waals surface area contributed by atoms with Crippen molar-refractivity contribution in [1.29, 1.82) is 5.26 Å². The van der Waals surface area contributed by atoms with Gasteiger partial charge in [0, 0.05) is 11.8 Å². The quantitative estimate of drug-likeness (QED) is 0.693. The molecule has 0 saturated heterocycles. The highest BCUT2D eigenvalue weighted by atomic mass is 14.5. The molecule has 0 heterocycles. The summed E-state index contributed by atoms with van der Waals surface area (Å²) in [4.78, 5) is 0. The molecule has 0 spiro atoms. The van der Waals surface area contributed by atoms with Crippen molar-refractivity contribution in [2.24, 2.45) is 5.92 Å². The van der Waals surface area contributed by atoms with E-state index in [1.165, 1.54) is 18.4 Å². The van der Waals surface area contributed by atoms with Crippen molar-refractivity contribution in [3.8, 4) is 6.07 Å². The summed E-state index contributed by atoms with van der Waals surface area (Å²) in [5, 5.41) is 8.86. The zero-order chi connectivity index (χ0) is 10.0. The molecule has 0 N–H and O–H groups in total. The molecular formula is C13H15N. The van der Waals surface area contributed by atoms with E-state index < -0.39 is 0 Å². The summed E-state index contributed by atoms with van der Waals surface area (Å²) in [6.45, 7) is 2.26. The van der Waals surface area contributed by atoms with Gasteiger partial charge in [-0.05, 0) is 24.3 Å². The van der Waals surface area contributed by atoms with Crippen LogP contribution in [0.25, 0.3) is 0 Å². The first-order valence-electron chi connectivity index (χ1n) is 5.19. The van der Waals surface area contributed by atoms with Crippen LogP contribution in [0.2, 0.25) is 0 Å². The molecule has 1 aromatic carbocycles. The second-order valence-electron chi connectivity index (χ2n) is 4.49. The van der Waals surface area contributed by atoms with Crippen LogP contribution in [0.1, 0.15) is 31.7 Å². The van der Waals surface area contributed by atoms with E-state index in [0.717, 1.165) is 5.92 Å². The van der Waals surface area contributed by atoms with E-state index in [0.29, 0.717) is 6.42 Å². The topological polar surface area (TPSA) is 23.8 Å². The van der Waals surface area contributed by atoms with Gasteiger partial charge in [-0.3, -0.25) is 0 Å². The molecule has 1 saturated carbocycles. The molecule has 0 bridgehead atoms. The lowest BCUT2D eigenvalue weighted by atomic mass is 9.58. The molecule has 0 amide bonds. The van der Waals surface area contributed by atoms with Crippen LogP contribution in [0.3, 0.4) is 0 Å². The molecule has 1 nitrogen and oxygen atoms in total. The van der Waals surface area contributed by atoms with E-state index in [4.69, 9.17) is 5.26 Å². The molecule has 2 rings (SSSR count). The largest absolute Gasteiger partial charge is 0.198 e. The van der Waals surface area contributed by atoms with E-state index in [9.17, 15) is 0 Å². The molecule has 0 aliphatic heterocycles. The van der Waals surface area contributed by atoms with Crippen molar-refractivity contribution in [3.63, 3.8) is 0 Å². The molecule has 1 aliphatic rings. The second kappa shape index (κ2) is 3.46. The lowest BCUT2D eigenvalue weighted by molar-refractivity contribution is 0.161. The summed E-state index contributed by atoms with van der Waals surface area (Å²) in [6.07, 6.45) is 3.01. The highest BCUT2D eigenvalue weighted by molar-refractivity contribution is 5.29. The molecule has 14 heavy (non-hydrogen) atoms. The lowest BCUT2D eigenvalue weighted by Crippen LogP contribution is -2.39. The Bertz CT molecular complexity index is 341. The van der Waals surface area contributed by atoms with Crippen LogP contribution in [0.15, 0.2) is 30.3 Å². The Morgan fingerprint density at radius 3 is 2.50 bits per heavy atom. The summed E-state index contributed by atoms with van der Waals surface area (Å²) in [5.74, 6) is 0.781. The number of hydrogen-bond donors (Lipinski definition) is 0. The zero-order valence-electron chi connectivity index (χ0n) is 8.53. The number of nitrogens with zero attached hydrogens (tertiary/aromatic N) is 1. The number of benzene rings is 1. The Hall–Kier alpha value is -1.29. The summed E-state index contributed by atoms with van der Waals surface area (Å²) >= 11 is 0. The van der Waals surface area contributed by atoms with Crippen LogP contribution < -0.4 is 0 Å². The number of nitriles is 1. The predicted octanol–water partition coefficient (Wildman–Crippen LogP) is 3.27. The third-order valence-electron chi connectivity index (χ3n) is 3.28. The standard InChI is InChI=1S/C13H15N/c1-11-9-13(10-11,7-8-14)12-5-3-2-4-6-12/h2-6,11H,7,9-10H2,1H3. The SMILES string of the molecule is CC1CC(CC#N)(c2ccccc2)C1. The van der Waals surface area contributed by atoms with Crippen LogP contribution in [0.4, 0.5) is 0 Å². The Labute approximate surface area is 85.4 Å². The third-order valence-corrected chi connectivity index (χ3v) is 3.28. The van der Waals surface area contributed by atoms with E-state index >= 15 is 0 Å². The molecule has 72 valence electrons. The van der Waals surface area contributed by atoms with Gasteiger partial charge in [0.2, 0.25) is 0 Å². The van der Waals surface area contributed by atoms with Gasteiger partial charge in [0.05, 0.1) is 6.07 Å². The van der Waals surface area contributed by atoms with Gasteiger partial charge < -0.3 is 0 Å². The molecular weight excluding hydrogens is 170 g/mol. The first-order valence-corrected chi connectivity index (χ1v) is 5.19. The van der Waals surface area contributed by atoms with Gasteiger partial charge in [-0.15, -0.1) is 0 Å². The lowest BCUT2D eigenvalue weighted by Gasteiger charge is -2.45. The summed E-state index contributed by atoms with van der Waals surface area (Å²) < 4.78 is 0. The monoisotopic (exact) mass is 185 g/mol. The first kappa shape index (κ1) is 9.27. The smallest absolute Gasteiger partial charge is 0.0631 e. The number of hydrogen-bond acceptors (Lipinski definition) is 1. The third kappa shape index (κ3) is 1.42. The van der Waals surface area contributed by atoms with Crippen LogP contribution in [0.5, 0.6) is 0 Å². The van der Waals surface area contributed by atoms with E-state index in [1.807, 2.05) is 6.07 Å². The Balaban J connectivity index is 2.26. The Morgan fingerprint density at radius 2 is 2.00 bits per heavy atom. The number of rotatable bonds is 2. The zero-order valence-corrected chi connectivity index (χ0v) is 8.53. The fraction of sp³-hybridized carbons (Fsp3) is 0.462. The Kier molecular flexibility index (Phi) is 2.29. The van der Waals surface area contributed by atoms with Crippen molar-refractivity contribution < 1.29 is 0 Å². The van der Waals surface area contributed by atoms with Crippen molar-refractivity contribution in [3.05, 3.63) is 35.9 Å². The minimum absolute atomic E-state index is 0.176. The van der Waals surface area contributed by atoms with E-state index in [-0.39, 0.29) is 5.41 Å². The van der Waals surface area contributed by atoms with Crippen LogP contribution in [-0.2, 0) is 5.41 Å². The minimum atomic E-state index is 0.176. The minimum Gasteiger partial charge on any atom is -0.198 e. The molecule has 0 aromatic heterocycles. The maximum Gasteiger partial charge on any atom is 0.0631 e. The fourth-order valence-corrected chi connectivity index (χ4v) is 2.70. The van der Waals surface area contributed by atoms with Crippen molar-refractivity contribution >= 4 is 0 Å². The van der Waals surface area contributed by atoms with E-state index in [1.54, 1.807) is 0 Å². The van der Waals surface area contributed by atoms with Crippen LogP contribution in [0, 0.1) is 17.2 Å². The molecule has 1 fully saturated rings. The van der Waals surface area contributed by atoms with Crippen molar-refractivity contribution in [2.75, 3.05) is 0 Å². The molecule has 0 unspecified atom stereocenters. The normalized spacial score (nSPS) is 30.4. The fourth-order valence-electron chi connectivity index (χ4n) is 2.70. The average molecular weight is 185 g/mol. The first-order chi connectivity index (χ1) is 6.77. The molecule has 1 aromatic rings. The molecule has 0 radical (unpaired) electrons. The van der Waals surface area contributed by atoms with Gasteiger partial charge in [0.15, 0.2) is 0 Å². The molecule has 1 aliphatic carbocycles. The maximum absolute atomic E-state index is 8.86. The van der Waals surface area contributed by atoms with Crippen LogP contribution >= 0.6 is 0 Å². The van der Waals surface area contributed by atoms with Crippen LogP contribution in [-0.4, -0.2) is 0 Å². The maximum atomic E-state index is 8.86. The Morgan fingerprint density at radius 1 is 1.36 bits per heavy atom. The summed E-state index contributed by atoms with van der Waals surface area (Å²) in [7, 11) is 0. The van der Waals surface area contributed by atoms with Gasteiger partial charge >= 0.3 is 0 Å². The van der Waals surface area contributed by atoms with Gasteiger partial charge in [-0.1, -0.05) is 37.3 Å². The highest BCUT2D eigenvalue weighted by Gasteiger charge is 2.42. The molecule has 1 heteroatoms. The van der Waals surface area contributed by atoms with Crippen molar-refractivity contribution in [1.82, 2.24) is 0 Å². The molecule has 0 atom stereocenters. The van der Waals surface area contributed by atoms with Gasteiger partial charge in [0.1, 0.15) is 0 Å². The average Bonchev–Trinajstić information content (AvgIpc) is 2.17. The van der Waals surface area contributed by atoms with E-state index in [2.05, 4.69) is 37.3 Å². The summed E-state index contributed by atoms with van der Waals surface area (Å²) in [6, 6.07) is 12.8. The van der Waals surface area contributed by atoms with Crippen molar-refractivity contribution in [2.45, 2.75) is 31.6 Å². The summed E-state index contributed by atoms with van der Waals surface area (Å²) in [5.41, 5.74) is 1.52. The van der Waals surface area contributed by atoms with Gasteiger partial charge in [-0.25, -0.2) is 0 Å². The van der Waals surface area contributed by atoms with Gasteiger partial charge in [0.25, 0.3) is 0 Å².